The summed E-state index contributed by atoms with van der Waals surface area (Å²) in [5.41, 5.74) is 0. The lowest BCUT2D eigenvalue weighted by molar-refractivity contribution is -0.122. The van der Waals surface area contributed by atoms with Crippen LogP contribution in [-0.2, 0) is 4.79 Å². The molecule has 2 aliphatic rings. The van der Waals surface area contributed by atoms with Crippen molar-refractivity contribution in [2.75, 3.05) is 0 Å². The van der Waals surface area contributed by atoms with Gasteiger partial charge in [0.15, 0.2) is 0 Å². The Morgan fingerprint density at radius 3 is 2.50 bits per heavy atom. The molecule has 2 heterocycles. The fourth-order valence-electron chi connectivity index (χ4n) is 3.24. The van der Waals surface area contributed by atoms with Crippen LogP contribution in [0.3, 0.4) is 0 Å². The van der Waals surface area contributed by atoms with Gasteiger partial charge in [0.05, 0.1) is 6.04 Å². The topological polar surface area (TPSA) is 41.1 Å². The van der Waals surface area contributed by atoms with E-state index in [1.54, 1.807) is 0 Å². The summed E-state index contributed by atoms with van der Waals surface area (Å²) in [5, 5.41) is 6.57. The van der Waals surface area contributed by atoms with Gasteiger partial charge in [-0.15, -0.1) is 6.42 Å². The maximum Gasteiger partial charge on any atom is 0.221 e. The van der Waals surface area contributed by atoms with Gasteiger partial charge in [0, 0.05) is 18.5 Å². The van der Waals surface area contributed by atoms with Crippen LogP contribution >= 0.6 is 0 Å². The maximum atomic E-state index is 12.0. The summed E-state index contributed by atoms with van der Waals surface area (Å²) in [5.74, 6) is 3.61. The number of amides is 1. The highest BCUT2D eigenvalue weighted by Crippen LogP contribution is 2.32. The van der Waals surface area contributed by atoms with E-state index in [1.807, 2.05) is 13.8 Å². The van der Waals surface area contributed by atoms with E-state index in [-0.39, 0.29) is 11.9 Å². The van der Waals surface area contributed by atoms with E-state index in [1.165, 1.54) is 12.8 Å². The molecule has 3 atom stereocenters. The van der Waals surface area contributed by atoms with E-state index in [0.717, 1.165) is 12.8 Å². The van der Waals surface area contributed by atoms with Crippen molar-refractivity contribution in [3.8, 4) is 12.3 Å². The minimum Gasteiger partial charge on any atom is -0.342 e. The number of fused-ring (bicyclic) bond motifs is 2. The number of rotatable bonds is 4. The summed E-state index contributed by atoms with van der Waals surface area (Å²) < 4.78 is 0. The summed E-state index contributed by atoms with van der Waals surface area (Å²) >= 11 is 0. The highest BCUT2D eigenvalue weighted by atomic mass is 16.1. The molecule has 3 nitrogen and oxygen atoms in total. The normalized spacial score (nSPS) is 32.0. The molecule has 0 aliphatic carbocycles. The Morgan fingerprint density at radius 1 is 1.39 bits per heavy atom. The Kier molecular flexibility index (Phi) is 4.29. The maximum absolute atomic E-state index is 12.0. The lowest BCUT2D eigenvalue weighted by Crippen LogP contribution is -2.42. The summed E-state index contributed by atoms with van der Waals surface area (Å²) in [7, 11) is 0. The molecule has 3 unspecified atom stereocenters. The number of piperidine rings is 1. The highest BCUT2D eigenvalue weighted by Gasteiger charge is 2.34. The number of nitrogens with one attached hydrogen (secondary N) is 2. The quantitative estimate of drug-likeness (QED) is 0.743. The standard InChI is InChI=1S/C15H24N2O/c1-4-14(10(2)3)17-15(18)9-11-7-12-5-6-13(8-11)16-12/h1,10-14,16H,5-9H2,2-3H3,(H,17,18). The van der Waals surface area contributed by atoms with Gasteiger partial charge >= 0.3 is 0 Å². The van der Waals surface area contributed by atoms with E-state index in [9.17, 15) is 4.79 Å². The average Bonchev–Trinajstić information content (AvgIpc) is 2.65. The van der Waals surface area contributed by atoms with Gasteiger partial charge in [-0.05, 0) is 37.5 Å². The summed E-state index contributed by atoms with van der Waals surface area (Å²) in [4.78, 5) is 12.0. The van der Waals surface area contributed by atoms with E-state index in [0.29, 0.717) is 30.3 Å². The van der Waals surface area contributed by atoms with Crippen molar-refractivity contribution in [2.24, 2.45) is 11.8 Å². The van der Waals surface area contributed by atoms with Crippen molar-refractivity contribution in [1.29, 1.82) is 0 Å². The summed E-state index contributed by atoms with van der Waals surface area (Å²) in [6.07, 6.45) is 10.9. The number of hydrogen-bond acceptors (Lipinski definition) is 2. The van der Waals surface area contributed by atoms with Crippen LogP contribution < -0.4 is 10.6 Å². The minimum absolute atomic E-state index is 0.123. The molecule has 1 amide bonds. The van der Waals surface area contributed by atoms with Gasteiger partial charge in [-0.25, -0.2) is 0 Å². The molecule has 0 spiro atoms. The molecular weight excluding hydrogens is 224 g/mol. The molecule has 3 heteroatoms. The molecule has 0 aromatic heterocycles. The number of carbonyl (C=O) groups is 1. The van der Waals surface area contributed by atoms with Gasteiger partial charge in [-0.3, -0.25) is 4.79 Å². The van der Waals surface area contributed by atoms with Crippen molar-refractivity contribution >= 4 is 5.91 Å². The van der Waals surface area contributed by atoms with Crippen molar-refractivity contribution in [3.05, 3.63) is 0 Å². The van der Waals surface area contributed by atoms with Crippen LogP contribution in [0.25, 0.3) is 0 Å². The molecule has 2 rings (SSSR count). The van der Waals surface area contributed by atoms with Crippen LogP contribution in [-0.4, -0.2) is 24.0 Å². The molecule has 0 aromatic carbocycles. The average molecular weight is 248 g/mol. The monoisotopic (exact) mass is 248 g/mol. The first-order valence-corrected chi connectivity index (χ1v) is 7.10. The molecule has 18 heavy (non-hydrogen) atoms. The lowest BCUT2D eigenvalue weighted by Gasteiger charge is -2.29. The Balaban J connectivity index is 1.79. The second-order valence-electron chi connectivity index (χ2n) is 6.14. The van der Waals surface area contributed by atoms with Crippen molar-refractivity contribution < 1.29 is 4.79 Å². The zero-order chi connectivity index (χ0) is 13.1. The number of terminal acetylenes is 1. The van der Waals surface area contributed by atoms with E-state index >= 15 is 0 Å². The van der Waals surface area contributed by atoms with Crippen molar-refractivity contribution in [1.82, 2.24) is 10.6 Å². The first-order chi connectivity index (χ1) is 8.58. The highest BCUT2D eigenvalue weighted by molar-refractivity contribution is 5.77. The molecule has 100 valence electrons. The Morgan fingerprint density at radius 2 is 2.00 bits per heavy atom. The first kappa shape index (κ1) is 13.4. The van der Waals surface area contributed by atoms with E-state index in [2.05, 4.69) is 16.6 Å². The van der Waals surface area contributed by atoms with Crippen LogP contribution in [0.5, 0.6) is 0 Å². The van der Waals surface area contributed by atoms with Crippen LogP contribution in [0.2, 0.25) is 0 Å². The predicted molar refractivity (Wildman–Crippen MR) is 72.9 cm³/mol. The molecule has 2 fully saturated rings. The zero-order valence-electron chi connectivity index (χ0n) is 11.4. The Hall–Kier alpha value is -1.01. The van der Waals surface area contributed by atoms with Gasteiger partial charge in [-0.1, -0.05) is 19.8 Å². The largest absolute Gasteiger partial charge is 0.342 e. The lowest BCUT2D eigenvalue weighted by atomic mass is 9.89. The number of carbonyl (C=O) groups excluding carboxylic acids is 1. The Bertz CT molecular complexity index is 333. The summed E-state index contributed by atoms with van der Waals surface area (Å²) in [6, 6.07) is 1.17. The fourth-order valence-corrected chi connectivity index (χ4v) is 3.24. The zero-order valence-corrected chi connectivity index (χ0v) is 11.4. The Labute approximate surface area is 110 Å². The molecule has 0 saturated carbocycles. The second kappa shape index (κ2) is 5.75. The number of hydrogen-bond donors (Lipinski definition) is 2. The van der Waals surface area contributed by atoms with Crippen molar-refractivity contribution in [2.45, 2.75) is 64.1 Å². The second-order valence-corrected chi connectivity index (χ2v) is 6.14. The molecule has 0 aromatic rings. The van der Waals surface area contributed by atoms with E-state index < -0.39 is 0 Å². The van der Waals surface area contributed by atoms with Crippen LogP contribution in [0.4, 0.5) is 0 Å². The van der Waals surface area contributed by atoms with Crippen molar-refractivity contribution in [3.63, 3.8) is 0 Å². The molecular formula is C15H24N2O. The first-order valence-electron chi connectivity index (χ1n) is 7.10. The SMILES string of the molecule is C#CC(NC(=O)CC1CC2CCC(C1)N2)C(C)C. The van der Waals surface area contributed by atoms with Crippen LogP contribution in [0.1, 0.15) is 46.0 Å². The third-order valence-corrected chi connectivity index (χ3v) is 4.21. The third-order valence-electron chi connectivity index (χ3n) is 4.21. The fraction of sp³-hybridized carbons (Fsp3) is 0.800. The minimum atomic E-state index is -0.129. The van der Waals surface area contributed by atoms with Gasteiger partial charge < -0.3 is 10.6 Å². The summed E-state index contributed by atoms with van der Waals surface area (Å²) in [6.45, 7) is 4.07. The van der Waals surface area contributed by atoms with Gasteiger partial charge in [0.1, 0.15) is 0 Å². The molecule has 2 N–H and O–H groups in total. The molecule has 0 radical (unpaired) electrons. The predicted octanol–water partition coefficient (Wildman–Crippen LogP) is 1.68. The van der Waals surface area contributed by atoms with Gasteiger partial charge in [-0.2, -0.15) is 0 Å². The van der Waals surface area contributed by atoms with E-state index in [4.69, 9.17) is 6.42 Å². The third kappa shape index (κ3) is 3.26. The molecule has 2 saturated heterocycles. The van der Waals surface area contributed by atoms with Crippen LogP contribution in [0, 0.1) is 24.2 Å². The van der Waals surface area contributed by atoms with Gasteiger partial charge in [0.25, 0.3) is 0 Å². The van der Waals surface area contributed by atoms with Crippen LogP contribution in [0.15, 0.2) is 0 Å². The molecule has 2 aliphatic heterocycles. The van der Waals surface area contributed by atoms with Gasteiger partial charge in [0.2, 0.25) is 5.91 Å². The molecule has 2 bridgehead atoms. The smallest absolute Gasteiger partial charge is 0.221 e.